The third-order valence-corrected chi connectivity index (χ3v) is 4.22. The molecule has 0 unspecified atom stereocenters. The maximum absolute atomic E-state index is 12.1. The molecule has 0 bridgehead atoms. The van der Waals surface area contributed by atoms with Crippen LogP contribution in [0.25, 0.3) is 0 Å². The molecule has 0 atom stereocenters. The third-order valence-electron chi connectivity index (χ3n) is 4.22. The zero-order valence-corrected chi connectivity index (χ0v) is 13.4. The van der Waals surface area contributed by atoms with E-state index in [9.17, 15) is 9.59 Å². The van der Waals surface area contributed by atoms with Crippen molar-refractivity contribution >= 4 is 11.8 Å². The first-order valence-corrected chi connectivity index (χ1v) is 8.22. The van der Waals surface area contributed by atoms with Gasteiger partial charge in [-0.2, -0.15) is 0 Å². The van der Waals surface area contributed by atoms with E-state index in [1.165, 1.54) is 25.7 Å². The van der Waals surface area contributed by atoms with Crippen LogP contribution in [-0.2, 0) is 16.1 Å². The molecule has 2 rings (SSSR count). The Hall–Kier alpha value is -1.84. The molecule has 0 spiro atoms. The van der Waals surface area contributed by atoms with Crippen molar-refractivity contribution in [1.29, 1.82) is 0 Å². The van der Waals surface area contributed by atoms with Gasteiger partial charge in [-0.05, 0) is 18.4 Å². The van der Waals surface area contributed by atoms with Gasteiger partial charge in [0.15, 0.2) is 0 Å². The Morgan fingerprint density at radius 3 is 2.36 bits per heavy atom. The fourth-order valence-corrected chi connectivity index (χ4v) is 2.92. The Kier molecular flexibility index (Phi) is 6.44. The summed E-state index contributed by atoms with van der Waals surface area (Å²) in [6, 6.07) is 10.1. The molecule has 1 aliphatic carbocycles. The van der Waals surface area contributed by atoms with Gasteiger partial charge in [0.05, 0.1) is 0 Å². The first kappa shape index (κ1) is 16.5. The van der Waals surface area contributed by atoms with Gasteiger partial charge in [-0.15, -0.1) is 0 Å². The van der Waals surface area contributed by atoms with Crippen molar-refractivity contribution in [2.24, 2.45) is 0 Å². The Labute approximate surface area is 132 Å². The minimum atomic E-state index is -0.142. The highest BCUT2D eigenvalue weighted by Gasteiger charge is 2.18. The molecule has 4 heteroatoms. The van der Waals surface area contributed by atoms with E-state index in [0.29, 0.717) is 6.54 Å². The van der Waals surface area contributed by atoms with E-state index in [1.54, 1.807) is 11.9 Å². The largest absolute Gasteiger partial charge is 0.353 e. The minimum absolute atomic E-state index is 0.0557. The molecule has 0 radical (unpaired) electrons. The quantitative estimate of drug-likeness (QED) is 0.671. The SMILES string of the molecule is CN(Cc1ccccc1)C(=O)CC(=O)NC1CCCCCC1. The zero-order valence-electron chi connectivity index (χ0n) is 13.4. The molecule has 0 heterocycles. The molecule has 0 saturated heterocycles. The van der Waals surface area contributed by atoms with Gasteiger partial charge in [-0.3, -0.25) is 9.59 Å². The van der Waals surface area contributed by atoms with Gasteiger partial charge in [0.1, 0.15) is 6.42 Å². The van der Waals surface area contributed by atoms with Gasteiger partial charge in [-0.1, -0.05) is 56.0 Å². The lowest BCUT2D eigenvalue weighted by Crippen LogP contribution is -2.38. The van der Waals surface area contributed by atoms with Gasteiger partial charge in [0.25, 0.3) is 0 Å². The normalized spacial score (nSPS) is 15.9. The van der Waals surface area contributed by atoms with Crippen molar-refractivity contribution in [2.75, 3.05) is 7.05 Å². The summed E-state index contributed by atoms with van der Waals surface area (Å²) in [7, 11) is 1.74. The van der Waals surface area contributed by atoms with Crippen LogP contribution in [0.3, 0.4) is 0 Å². The summed E-state index contributed by atoms with van der Waals surface area (Å²) < 4.78 is 0. The van der Waals surface area contributed by atoms with Crippen LogP contribution >= 0.6 is 0 Å². The number of carbonyl (C=O) groups is 2. The van der Waals surface area contributed by atoms with E-state index in [4.69, 9.17) is 0 Å². The number of rotatable bonds is 5. The Bertz CT molecular complexity index is 479. The van der Waals surface area contributed by atoms with Crippen molar-refractivity contribution in [3.8, 4) is 0 Å². The molecule has 1 fully saturated rings. The Morgan fingerprint density at radius 1 is 1.09 bits per heavy atom. The predicted molar refractivity (Wildman–Crippen MR) is 87.2 cm³/mol. The van der Waals surface area contributed by atoms with Crippen LogP contribution in [0.5, 0.6) is 0 Å². The second-order valence-corrected chi connectivity index (χ2v) is 6.17. The molecule has 4 nitrogen and oxygen atoms in total. The lowest BCUT2D eigenvalue weighted by Gasteiger charge is -2.19. The smallest absolute Gasteiger partial charge is 0.232 e. The molecule has 2 amide bonds. The van der Waals surface area contributed by atoms with Crippen LogP contribution in [0.2, 0.25) is 0 Å². The van der Waals surface area contributed by atoms with Crippen LogP contribution < -0.4 is 5.32 Å². The monoisotopic (exact) mass is 302 g/mol. The average molecular weight is 302 g/mol. The summed E-state index contributed by atoms with van der Waals surface area (Å²) in [6.07, 6.45) is 6.88. The number of nitrogens with one attached hydrogen (secondary N) is 1. The second kappa shape index (κ2) is 8.57. The van der Waals surface area contributed by atoms with Crippen LogP contribution in [0.1, 0.15) is 50.5 Å². The fraction of sp³-hybridized carbons (Fsp3) is 0.556. The Balaban J connectivity index is 1.76. The molecule has 22 heavy (non-hydrogen) atoms. The summed E-state index contributed by atoms with van der Waals surface area (Å²) >= 11 is 0. The first-order valence-electron chi connectivity index (χ1n) is 8.22. The molecule has 1 aromatic rings. The van der Waals surface area contributed by atoms with Crippen molar-refractivity contribution < 1.29 is 9.59 Å². The highest BCUT2D eigenvalue weighted by molar-refractivity contribution is 5.96. The molecule has 1 N–H and O–H groups in total. The topological polar surface area (TPSA) is 49.4 Å². The van der Waals surface area contributed by atoms with E-state index in [-0.39, 0.29) is 24.3 Å². The van der Waals surface area contributed by atoms with Crippen molar-refractivity contribution in [2.45, 2.75) is 57.5 Å². The lowest BCUT2D eigenvalue weighted by atomic mass is 10.1. The molecule has 0 aromatic heterocycles. The first-order chi connectivity index (χ1) is 10.6. The maximum atomic E-state index is 12.1. The minimum Gasteiger partial charge on any atom is -0.353 e. The van der Waals surface area contributed by atoms with Gasteiger partial charge in [0.2, 0.25) is 11.8 Å². The molecular weight excluding hydrogens is 276 g/mol. The van der Waals surface area contributed by atoms with Crippen LogP contribution in [0.15, 0.2) is 30.3 Å². The second-order valence-electron chi connectivity index (χ2n) is 6.17. The van der Waals surface area contributed by atoms with Gasteiger partial charge in [0, 0.05) is 19.6 Å². The van der Waals surface area contributed by atoms with Crippen LogP contribution in [-0.4, -0.2) is 29.8 Å². The number of nitrogens with zero attached hydrogens (tertiary/aromatic N) is 1. The van der Waals surface area contributed by atoms with Gasteiger partial charge >= 0.3 is 0 Å². The Morgan fingerprint density at radius 2 is 1.73 bits per heavy atom. The highest BCUT2D eigenvalue weighted by atomic mass is 16.2. The summed E-state index contributed by atoms with van der Waals surface area (Å²) in [4.78, 5) is 25.8. The van der Waals surface area contributed by atoms with E-state index in [2.05, 4.69) is 5.32 Å². The predicted octanol–water partition coefficient (Wildman–Crippen LogP) is 2.87. The number of amides is 2. The third kappa shape index (κ3) is 5.51. The fourth-order valence-electron chi connectivity index (χ4n) is 2.92. The van der Waals surface area contributed by atoms with Crippen molar-refractivity contribution in [3.63, 3.8) is 0 Å². The number of hydrogen-bond acceptors (Lipinski definition) is 2. The summed E-state index contributed by atoms with van der Waals surface area (Å²) in [5.74, 6) is -0.271. The van der Waals surface area contributed by atoms with Crippen molar-refractivity contribution in [3.05, 3.63) is 35.9 Å². The number of carbonyl (C=O) groups excluding carboxylic acids is 2. The number of hydrogen-bond donors (Lipinski definition) is 1. The van der Waals surface area contributed by atoms with E-state index < -0.39 is 0 Å². The maximum Gasteiger partial charge on any atom is 0.232 e. The van der Waals surface area contributed by atoms with Gasteiger partial charge in [-0.25, -0.2) is 0 Å². The number of benzene rings is 1. The highest BCUT2D eigenvalue weighted by Crippen LogP contribution is 2.17. The van der Waals surface area contributed by atoms with E-state index in [1.807, 2.05) is 30.3 Å². The van der Waals surface area contributed by atoms with Gasteiger partial charge < -0.3 is 10.2 Å². The summed E-state index contributed by atoms with van der Waals surface area (Å²) in [5, 5.41) is 3.02. The van der Waals surface area contributed by atoms with E-state index >= 15 is 0 Å². The molecular formula is C18H26N2O2. The standard InChI is InChI=1S/C18H26N2O2/c1-20(14-15-9-5-4-6-10-15)18(22)13-17(21)19-16-11-7-2-3-8-12-16/h4-6,9-10,16H,2-3,7-8,11-14H2,1H3,(H,19,21). The summed E-state index contributed by atoms with van der Waals surface area (Å²) in [5.41, 5.74) is 1.07. The zero-order chi connectivity index (χ0) is 15.8. The van der Waals surface area contributed by atoms with Crippen LogP contribution in [0.4, 0.5) is 0 Å². The average Bonchev–Trinajstić information content (AvgIpc) is 2.76. The van der Waals surface area contributed by atoms with Crippen LogP contribution in [0, 0.1) is 0 Å². The molecule has 1 saturated carbocycles. The molecule has 0 aliphatic heterocycles. The molecule has 1 aromatic carbocycles. The molecule has 120 valence electrons. The van der Waals surface area contributed by atoms with E-state index in [0.717, 1.165) is 18.4 Å². The van der Waals surface area contributed by atoms with Crippen molar-refractivity contribution in [1.82, 2.24) is 10.2 Å². The summed E-state index contributed by atoms with van der Waals surface area (Å²) in [6.45, 7) is 0.538. The molecule has 1 aliphatic rings. The lowest BCUT2D eigenvalue weighted by molar-refractivity contribution is -0.135.